The Hall–Kier alpha value is -1.23. The summed E-state index contributed by atoms with van der Waals surface area (Å²) in [5.74, 6) is -0.382. The summed E-state index contributed by atoms with van der Waals surface area (Å²) in [6.07, 6.45) is -2.17. The quantitative estimate of drug-likeness (QED) is 0.886. The van der Waals surface area contributed by atoms with Crippen molar-refractivity contribution >= 4 is 0 Å². The molecule has 0 spiro atoms. The van der Waals surface area contributed by atoms with Crippen LogP contribution in [0.4, 0.5) is 13.2 Å². The van der Waals surface area contributed by atoms with Crippen molar-refractivity contribution in [3.05, 3.63) is 29.8 Å². The summed E-state index contributed by atoms with van der Waals surface area (Å²) < 4.78 is 43.6. The molecule has 2 unspecified atom stereocenters. The maximum absolute atomic E-state index is 12.8. The Balaban J connectivity index is 1.93. The lowest BCUT2D eigenvalue weighted by Crippen LogP contribution is -2.39. The van der Waals surface area contributed by atoms with E-state index in [1.165, 1.54) is 0 Å². The van der Waals surface area contributed by atoms with Gasteiger partial charge in [0.1, 0.15) is 5.75 Å². The molecule has 0 amide bonds. The molecule has 0 saturated heterocycles. The van der Waals surface area contributed by atoms with E-state index in [-0.39, 0.29) is 24.9 Å². The lowest BCUT2D eigenvalue weighted by molar-refractivity contribution is -0.183. The molecule has 5 heteroatoms. The molecule has 0 radical (unpaired) electrons. The molecule has 1 aliphatic rings. The number of halogens is 3. The minimum atomic E-state index is -4.07. The van der Waals surface area contributed by atoms with Crippen LogP contribution in [0.3, 0.4) is 0 Å². The minimum Gasteiger partial charge on any atom is -0.497 e. The van der Waals surface area contributed by atoms with Crippen LogP contribution in [-0.4, -0.2) is 19.3 Å². The van der Waals surface area contributed by atoms with Crippen LogP contribution in [0.2, 0.25) is 0 Å². The van der Waals surface area contributed by atoms with Crippen LogP contribution in [-0.2, 0) is 0 Å². The highest BCUT2D eigenvalue weighted by atomic mass is 19.4. The molecule has 0 heterocycles. The largest absolute Gasteiger partial charge is 0.497 e. The summed E-state index contributed by atoms with van der Waals surface area (Å²) in [6, 6.07) is 7.59. The van der Waals surface area contributed by atoms with Gasteiger partial charge in [-0.1, -0.05) is 18.6 Å². The van der Waals surface area contributed by atoms with Crippen LogP contribution in [0.1, 0.15) is 44.2 Å². The molecule has 1 saturated carbocycles. The van der Waals surface area contributed by atoms with Crippen molar-refractivity contribution in [2.45, 2.75) is 50.9 Å². The van der Waals surface area contributed by atoms with Gasteiger partial charge in [-0.2, -0.15) is 13.2 Å². The van der Waals surface area contributed by atoms with Crippen molar-refractivity contribution < 1.29 is 17.9 Å². The van der Waals surface area contributed by atoms with Gasteiger partial charge in [0.2, 0.25) is 0 Å². The Morgan fingerprint density at radius 3 is 2.43 bits per heavy atom. The van der Waals surface area contributed by atoms with E-state index in [0.29, 0.717) is 6.42 Å². The van der Waals surface area contributed by atoms with Crippen molar-refractivity contribution in [2.75, 3.05) is 7.11 Å². The van der Waals surface area contributed by atoms with Gasteiger partial charge in [-0.3, -0.25) is 0 Å². The molecule has 21 heavy (non-hydrogen) atoms. The van der Waals surface area contributed by atoms with E-state index in [1.807, 2.05) is 31.2 Å². The molecule has 2 nitrogen and oxygen atoms in total. The van der Waals surface area contributed by atoms with Gasteiger partial charge in [0.15, 0.2) is 0 Å². The summed E-state index contributed by atoms with van der Waals surface area (Å²) in [5.41, 5.74) is 1.06. The highest BCUT2D eigenvalue weighted by molar-refractivity contribution is 5.28. The van der Waals surface area contributed by atoms with Gasteiger partial charge in [-0.25, -0.2) is 0 Å². The van der Waals surface area contributed by atoms with E-state index in [2.05, 4.69) is 5.32 Å². The Labute approximate surface area is 123 Å². The zero-order valence-corrected chi connectivity index (χ0v) is 12.4. The standard InChI is InChI=1S/C16H22F3NO/c1-11(12-6-8-15(21-2)9-7-12)20-14-5-3-4-13(10-14)16(17,18)19/h6-9,11,13-14,20H,3-5,10H2,1-2H3/t11-,13?,14?/m1/s1. The monoisotopic (exact) mass is 301 g/mol. The summed E-state index contributed by atoms with van der Waals surface area (Å²) in [7, 11) is 1.61. The normalized spacial score (nSPS) is 24.6. The van der Waals surface area contributed by atoms with Gasteiger partial charge in [0.05, 0.1) is 13.0 Å². The number of nitrogens with one attached hydrogen (secondary N) is 1. The average Bonchev–Trinajstić information content (AvgIpc) is 2.47. The van der Waals surface area contributed by atoms with Crippen molar-refractivity contribution in [3.8, 4) is 5.75 Å². The van der Waals surface area contributed by atoms with Crippen molar-refractivity contribution in [1.82, 2.24) is 5.32 Å². The topological polar surface area (TPSA) is 21.3 Å². The zero-order chi connectivity index (χ0) is 15.5. The third kappa shape index (κ3) is 4.37. The number of ether oxygens (including phenoxy) is 1. The van der Waals surface area contributed by atoms with Gasteiger partial charge < -0.3 is 10.1 Å². The Kier molecular flexibility index (Phi) is 5.14. The first kappa shape index (κ1) is 16.1. The molecule has 0 aliphatic heterocycles. The third-order valence-corrected chi connectivity index (χ3v) is 4.24. The fraction of sp³-hybridized carbons (Fsp3) is 0.625. The number of hydrogen-bond donors (Lipinski definition) is 1. The zero-order valence-electron chi connectivity index (χ0n) is 12.4. The number of methoxy groups -OCH3 is 1. The van der Waals surface area contributed by atoms with Crippen molar-refractivity contribution in [2.24, 2.45) is 5.92 Å². The maximum Gasteiger partial charge on any atom is 0.391 e. The number of benzene rings is 1. The Morgan fingerprint density at radius 1 is 1.19 bits per heavy atom. The van der Waals surface area contributed by atoms with Gasteiger partial charge in [-0.15, -0.1) is 0 Å². The highest BCUT2D eigenvalue weighted by Crippen LogP contribution is 2.38. The average molecular weight is 301 g/mol. The molecule has 1 fully saturated rings. The number of hydrogen-bond acceptors (Lipinski definition) is 2. The number of rotatable bonds is 4. The van der Waals surface area contributed by atoms with E-state index in [9.17, 15) is 13.2 Å². The lowest BCUT2D eigenvalue weighted by atomic mass is 9.85. The predicted octanol–water partition coefficient (Wildman–Crippen LogP) is 4.47. The van der Waals surface area contributed by atoms with Crippen molar-refractivity contribution in [3.63, 3.8) is 0 Å². The van der Waals surface area contributed by atoms with Crippen LogP contribution in [0, 0.1) is 5.92 Å². The second-order valence-electron chi connectivity index (χ2n) is 5.76. The van der Waals surface area contributed by atoms with E-state index < -0.39 is 12.1 Å². The van der Waals surface area contributed by atoms with Crippen LogP contribution in [0.5, 0.6) is 5.75 Å². The molecule has 0 bridgehead atoms. The Bertz CT molecular complexity index is 444. The molecule has 3 atom stereocenters. The lowest BCUT2D eigenvalue weighted by Gasteiger charge is -2.33. The molecular weight excluding hydrogens is 279 g/mol. The minimum absolute atomic E-state index is 0.0351. The first-order valence-corrected chi connectivity index (χ1v) is 7.37. The summed E-state index contributed by atoms with van der Waals surface area (Å²) >= 11 is 0. The van der Waals surface area contributed by atoms with E-state index in [0.717, 1.165) is 17.7 Å². The van der Waals surface area contributed by atoms with Gasteiger partial charge in [0, 0.05) is 12.1 Å². The second kappa shape index (κ2) is 6.69. The van der Waals surface area contributed by atoms with Gasteiger partial charge >= 0.3 is 6.18 Å². The summed E-state index contributed by atoms with van der Waals surface area (Å²) in [6.45, 7) is 1.99. The molecule has 1 aliphatic carbocycles. The molecule has 2 rings (SSSR count). The van der Waals surface area contributed by atoms with Crippen LogP contribution < -0.4 is 10.1 Å². The molecule has 1 aromatic carbocycles. The first-order chi connectivity index (χ1) is 9.90. The van der Waals surface area contributed by atoms with Gasteiger partial charge in [0.25, 0.3) is 0 Å². The van der Waals surface area contributed by atoms with E-state index in [4.69, 9.17) is 4.74 Å². The summed E-state index contributed by atoms with van der Waals surface area (Å²) in [5, 5.41) is 3.33. The highest BCUT2D eigenvalue weighted by Gasteiger charge is 2.42. The predicted molar refractivity (Wildman–Crippen MR) is 76.3 cm³/mol. The smallest absolute Gasteiger partial charge is 0.391 e. The van der Waals surface area contributed by atoms with Crippen molar-refractivity contribution in [1.29, 1.82) is 0 Å². The van der Waals surface area contributed by atoms with Crippen LogP contribution >= 0.6 is 0 Å². The second-order valence-corrected chi connectivity index (χ2v) is 5.76. The molecule has 0 aromatic heterocycles. The third-order valence-electron chi connectivity index (χ3n) is 4.24. The SMILES string of the molecule is COc1ccc([C@@H](C)NC2CCCC(C(F)(F)F)C2)cc1. The first-order valence-electron chi connectivity index (χ1n) is 7.37. The maximum atomic E-state index is 12.8. The van der Waals surface area contributed by atoms with E-state index in [1.54, 1.807) is 7.11 Å². The molecular formula is C16H22F3NO. The number of alkyl halides is 3. The summed E-state index contributed by atoms with van der Waals surface area (Å²) in [4.78, 5) is 0. The molecule has 1 N–H and O–H groups in total. The van der Waals surface area contributed by atoms with Crippen LogP contribution in [0.25, 0.3) is 0 Å². The fourth-order valence-electron chi connectivity index (χ4n) is 2.98. The van der Waals surface area contributed by atoms with Gasteiger partial charge in [-0.05, 0) is 43.9 Å². The molecule has 1 aromatic rings. The Morgan fingerprint density at radius 2 is 1.86 bits per heavy atom. The van der Waals surface area contributed by atoms with Crippen LogP contribution in [0.15, 0.2) is 24.3 Å². The fourth-order valence-corrected chi connectivity index (χ4v) is 2.98. The molecule has 118 valence electrons. The van der Waals surface area contributed by atoms with E-state index >= 15 is 0 Å².